The van der Waals surface area contributed by atoms with Crippen molar-refractivity contribution in [3.8, 4) is 6.07 Å². The van der Waals surface area contributed by atoms with Gasteiger partial charge in [0.1, 0.15) is 11.9 Å². The Kier molecular flexibility index (Phi) is 3.39. The first-order valence-electron chi connectivity index (χ1n) is 7.10. The van der Waals surface area contributed by atoms with Gasteiger partial charge in [0, 0.05) is 25.4 Å². The van der Waals surface area contributed by atoms with Crippen molar-refractivity contribution in [1.29, 1.82) is 5.26 Å². The highest BCUT2D eigenvalue weighted by atomic mass is 16.3. The van der Waals surface area contributed by atoms with Gasteiger partial charge in [-0.2, -0.15) is 5.26 Å². The molecule has 1 aliphatic carbocycles. The molecule has 4 nitrogen and oxygen atoms in total. The second-order valence-electron chi connectivity index (χ2n) is 5.54. The zero-order valence-electron chi connectivity index (χ0n) is 11.1. The van der Waals surface area contributed by atoms with E-state index in [4.69, 9.17) is 4.98 Å². The van der Waals surface area contributed by atoms with Gasteiger partial charge in [-0.1, -0.05) is 0 Å². The molecule has 4 heteroatoms. The lowest BCUT2D eigenvalue weighted by Crippen LogP contribution is -2.36. The van der Waals surface area contributed by atoms with Crippen LogP contribution in [-0.2, 0) is 12.8 Å². The maximum absolute atomic E-state index is 9.32. The summed E-state index contributed by atoms with van der Waals surface area (Å²) in [4.78, 5) is 6.95. The molecule has 0 unspecified atom stereocenters. The van der Waals surface area contributed by atoms with Crippen LogP contribution >= 0.6 is 0 Å². The fourth-order valence-corrected chi connectivity index (χ4v) is 3.11. The minimum atomic E-state index is 0.274. The zero-order chi connectivity index (χ0) is 13.2. The van der Waals surface area contributed by atoms with Gasteiger partial charge in [-0.3, -0.25) is 0 Å². The number of fused-ring (bicyclic) bond motifs is 1. The van der Waals surface area contributed by atoms with Gasteiger partial charge in [-0.25, -0.2) is 4.98 Å². The Morgan fingerprint density at radius 3 is 2.84 bits per heavy atom. The maximum atomic E-state index is 9.32. The van der Waals surface area contributed by atoms with Crippen molar-refractivity contribution in [3.05, 3.63) is 22.9 Å². The van der Waals surface area contributed by atoms with Crippen molar-refractivity contribution >= 4 is 5.82 Å². The average molecular weight is 257 g/mol. The van der Waals surface area contributed by atoms with Crippen LogP contribution < -0.4 is 4.90 Å². The van der Waals surface area contributed by atoms with Gasteiger partial charge in [0.2, 0.25) is 0 Å². The molecule has 1 aromatic rings. The predicted molar refractivity (Wildman–Crippen MR) is 73.0 cm³/mol. The van der Waals surface area contributed by atoms with E-state index in [2.05, 4.69) is 11.0 Å². The largest absolute Gasteiger partial charge is 0.396 e. The summed E-state index contributed by atoms with van der Waals surface area (Å²) in [5.41, 5.74) is 3.15. The van der Waals surface area contributed by atoms with Gasteiger partial charge in [-0.05, 0) is 49.7 Å². The third kappa shape index (κ3) is 2.31. The summed E-state index contributed by atoms with van der Waals surface area (Å²) in [6.07, 6.45) is 5.23. The second kappa shape index (κ2) is 5.18. The Balaban J connectivity index is 1.86. The molecule has 2 heterocycles. The molecule has 0 saturated carbocycles. The number of hydrogen-bond donors (Lipinski definition) is 1. The first kappa shape index (κ1) is 12.4. The van der Waals surface area contributed by atoms with E-state index in [0.717, 1.165) is 51.0 Å². The van der Waals surface area contributed by atoms with Crippen LogP contribution in [0.1, 0.15) is 36.1 Å². The number of hydrogen-bond acceptors (Lipinski definition) is 4. The van der Waals surface area contributed by atoms with Crippen molar-refractivity contribution < 1.29 is 5.11 Å². The van der Waals surface area contributed by atoms with Crippen molar-refractivity contribution in [2.45, 2.75) is 32.1 Å². The van der Waals surface area contributed by atoms with E-state index in [9.17, 15) is 10.4 Å². The highest BCUT2D eigenvalue weighted by Gasteiger charge is 2.24. The van der Waals surface area contributed by atoms with Gasteiger partial charge in [-0.15, -0.1) is 0 Å². The lowest BCUT2D eigenvalue weighted by Gasteiger charge is -2.32. The Morgan fingerprint density at radius 2 is 2.16 bits per heavy atom. The number of nitrogens with zero attached hydrogens (tertiary/aromatic N) is 3. The van der Waals surface area contributed by atoms with Gasteiger partial charge in [0.05, 0.1) is 5.56 Å². The van der Waals surface area contributed by atoms with E-state index in [1.807, 2.05) is 6.07 Å². The molecule has 1 saturated heterocycles. The Hall–Kier alpha value is -1.60. The summed E-state index contributed by atoms with van der Waals surface area (Å²) < 4.78 is 0. The number of piperidine rings is 1. The van der Waals surface area contributed by atoms with E-state index >= 15 is 0 Å². The number of aromatic nitrogens is 1. The van der Waals surface area contributed by atoms with Crippen LogP contribution in [0.25, 0.3) is 0 Å². The summed E-state index contributed by atoms with van der Waals surface area (Å²) in [5.74, 6) is 1.27. The summed E-state index contributed by atoms with van der Waals surface area (Å²) in [7, 11) is 0. The van der Waals surface area contributed by atoms with E-state index in [0.29, 0.717) is 11.5 Å². The predicted octanol–water partition coefficient (Wildman–Crippen LogP) is 1.65. The first-order valence-corrected chi connectivity index (χ1v) is 7.10. The maximum Gasteiger partial charge on any atom is 0.146 e. The second-order valence-corrected chi connectivity index (χ2v) is 5.54. The highest BCUT2D eigenvalue weighted by molar-refractivity contribution is 5.57. The molecule has 3 rings (SSSR count). The number of rotatable bonds is 2. The topological polar surface area (TPSA) is 60.2 Å². The quantitative estimate of drug-likeness (QED) is 0.875. The van der Waals surface area contributed by atoms with Crippen LogP contribution in [0.4, 0.5) is 5.82 Å². The molecule has 100 valence electrons. The number of aliphatic hydroxyl groups excluding tert-OH is 1. The molecule has 19 heavy (non-hydrogen) atoms. The number of aliphatic hydroxyl groups is 1. The van der Waals surface area contributed by atoms with E-state index in [1.165, 1.54) is 11.3 Å². The fourth-order valence-electron chi connectivity index (χ4n) is 3.11. The molecule has 2 aliphatic rings. The third-order valence-electron chi connectivity index (χ3n) is 4.32. The molecular formula is C15H19N3O. The average Bonchev–Trinajstić information content (AvgIpc) is 2.93. The van der Waals surface area contributed by atoms with Crippen LogP contribution in [0.15, 0.2) is 6.07 Å². The minimum Gasteiger partial charge on any atom is -0.396 e. The first-order chi connectivity index (χ1) is 9.31. The number of anilines is 1. The van der Waals surface area contributed by atoms with E-state index in [-0.39, 0.29) is 6.61 Å². The standard InChI is InChI=1S/C15H19N3O/c16-9-13-8-12-2-1-3-14(12)17-15(13)18-6-4-11(10-19)5-7-18/h8,11,19H,1-7,10H2. The van der Waals surface area contributed by atoms with Crippen molar-refractivity contribution in [3.63, 3.8) is 0 Å². The lowest BCUT2D eigenvalue weighted by molar-refractivity contribution is 0.202. The van der Waals surface area contributed by atoms with Crippen LogP contribution in [0, 0.1) is 17.2 Å². The van der Waals surface area contributed by atoms with Crippen LogP contribution in [0.2, 0.25) is 0 Å². The van der Waals surface area contributed by atoms with Crippen LogP contribution in [0.5, 0.6) is 0 Å². The zero-order valence-corrected chi connectivity index (χ0v) is 11.1. The van der Waals surface area contributed by atoms with Gasteiger partial charge >= 0.3 is 0 Å². The third-order valence-corrected chi connectivity index (χ3v) is 4.32. The normalized spacial score (nSPS) is 19.3. The molecule has 0 aromatic carbocycles. The monoisotopic (exact) mass is 257 g/mol. The number of pyridine rings is 1. The molecule has 1 N–H and O–H groups in total. The molecule has 0 radical (unpaired) electrons. The van der Waals surface area contributed by atoms with Gasteiger partial charge in [0.15, 0.2) is 0 Å². The summed E-state index contributed by atoms with van der Waals surface area (Å²) in [6.45, 7) is 2.06. The van der Waals surface area contributed by atoms with Gasteiger partial charge < -0.3 is 10.0 Å². The van der Waals surface area contributed by atoms with Crippen molar-refractivity contribution in [2.24, 2.45) is 5.92 Å². The van der Waals surface area contributed by atoms with E-state index < -0.39 is 0 Å². The van der Waals surface area contributed by atoms with Crippen LogP contribution in [0.3, 0.4) is 0 Å². The molecule has 1 aliphatic heterocycles. The SMILES string of the molecule is N#Cc1cc2c(nc1N1CCC(CO)CC1)CCC2. The number of nitriles is 1. The molecular weight excluding hydrogens is 238 g/mol. The summed E-state index contributed by atoms with van der Waals surface area (Å²) in [5, 5.41) is 18.5. The molecule has 1 aromatic heterocycles. The minimum absolute atomic E-state index is 0.274. The van der Waals surface area contributed by atoms with E-state index in [1.54, 1.807) is 0 Å². The van der Waals surface area contributed by atoms with Gasteiger partial charge in [0.25, 0.3) is 0 Å². The van der Waals surface area contributed by atoms with Crippen molar-refractivity contribution in [1.82, 2.24) is 4.98 Å². The van der Waals surface area contributed by atoms with Crippen LogP contribution in [-0.4, -0.2) is 29.8 Å². The molecule has 0 amide bonds. The summed E-state index contributed by atoms with van der Waals surface area (Å²) >= 11 is 0. The molecule has 0 spiro atoms. The molecule has 0 bridgehead atoms. The smallest absolute Gasteiger partial charge is 0.146 e. The Labute approximate surface area is 113 Å². The lowest BCUT2D eigenvalue weighted by atomic mass is 9.97. The fraction of sp³-hybridized carbons (Fsp3) is 0.600. The van der Waals surface area contributed by atoms with Crippen molar-refractivity contribution in [2.75, 3.05) is 24.6 Å². The Bertz CT molecular complexity index is 513. The molecule has 1 fully saturated rings. The number of aryl methyl sites for hydroxylation is 2. The Morgan fingerprint density at radius 1 is 1.37 bits per heavy atom. The molecule has 0 atom stereocenters. The highest BCUT2D eigenvalue weighted by Crippen LogP contribution is 2.29. The summed E-state index contributed by atoms with van der Waals surface area (Å²) in [6, 6.07) is 4.32.